The first-order chi connectivity index (χ1) is 6.25. The van der Waals surface area contributed by atoms with Gasteiger partial charge in [-0.05, 0) is 31.4 Å². The minimum Gasteiger partial charge on any atom is -0.0772 e. The third-order valence-electron chi connectivity index (χ3n) is 2.47. The molecule has 0 fully saturated rings. The van der Waals surface area contributed by atoms with E-state index in [1.807, 2.05) is 0 Å². The van der Waals surface area contributed by atoms with Gasteiger partial charge in [0.15, 0.2) is 0 Å². The summed E-state index contributed by atoms with van der Waals surface area (Å²) in [7, 11) is 0. The second-order valence-corrected chi connectivity index (χ2v) is 3.69. The summed E-state index contributed by atoms with van der Waals surface area (Å²) < 4.78 is 0. The SMILES string of the molecule is CC1=CCc2cc(C)ccc2C=C1. The Labute approximate surface area is 79.6 Å². The monoisotopic (exact) mass is 170 g/mol. The van der Waals surface area contributed by atoms with Gasteiger partial charge < -0.3 is 0 Å². The van der Waals surface area contributed by atoms with Crippen molar-refractivity contribution in [3.63, 3.8) is 0 Å². The van der Waals surface area contributed by atoms with E-state index in [-0.39, 0.29) is 0 Å². The number of hydrogen-bond acceptors (Lipinski definition) is 0. The second-order valence-electron chi connectivity index (χ2n) is 3.69. The predicted molar refractivity (Wildman–Crippen MR) is 57.7 cm³/mol. The topological polar surface area (TPSA) is 0 Å². The molecule has 1 aliphatic rings. The maximum absolute atomic E-state index is 2.28. The van der Waals surface area contributed by atoms with Crippen molar-refractivity contribution in [2.24, 2.45) is 0 Å². The van der Waals surface area contributed by atoms with Gasteiger partial charge in [0.05, 0.1) is 0 Å². The molecule has 1 aromatic carbocycles. The Morgan fingerprint density at radius 3 is 2.77 bits per heavy atom. The average Bonchev–Trinajstić information content (AvgIpc) is 2.29. The van der Waals surface area contributed by atoms with Crippen LogP contribution < -0.4 is 0 Å². The molecule has 0 unspecified atom stereocenters. The zero-order valence-electron chi connectivity index (χ0n) is 8.17. The van der Waals surface area contributed by atoms with Gasteiger partial charge in [-0.25, -0.2) is 0 Å². The molecule has 0 nitrogen and oxygen atoms in total. The lowest BCUT2D eigenvalue weighted by Gasteiger charge is -2.02. The van der Waals surface area contributed by atoms with Gasteiger partial charge in [0, 0.05) is 0 Å². The van der Waals surface area contributed by atoms with Crippen molar-refractivity contribution in [3.05, 3.63) is 52.6 Å². The van der Waals surface area contributed by atoms with E-state index >= 15 is 0 Å². The summed E-state index contributed by atoms with van der Waals surface area (Å²) in [5, 5.41) is 0. The van der Waals surface area contributed by atoms with E-state index in [4.69, 9.17) is 0 Å². The Morgan fingerprint density at radius 1 is 1.08 bits per heavy atom. The van der Waals surface area contributed by atoms with E-state index in [1.165, 1.54) is 22.3 Å². The molecule has 66 valence electrons. The molecule has 0 bridgehead atoms. The molecule has 0 heteroatoms. The molecule has 0 amide bonds. The lowest BCUT2D eigenvalue weighted by atomic mass is 10.0. The first kappa shape index (κ1) is 8.31. The van der Waals surface area contributed by atoms with Crippen molar-refractivity contribution in [3.8, 4) is 0 Å². The molecule has 0 aliphatic heterocycles. The molecule has 0 saturated heterocycles. The Kier molecular flexibility index (Phi) is 2.05. The van der Waals surface area contributed by atoms with Crippen molar-refractivity contribution in [1.29, 1.82) is 0 Å². The Morgan fingerprint density at radius 2 is 1.92 bits per heavy atom. The number of hydrogen-bond donors (Lipinski definition) is 0. The van der Waals surface area contributed by atoms with E-state index < -0.39 is 0 Å². The zero-order valence-corrected chi connectivity index (χ0v) is 8.17. The Balaban J connectivity index is 2.49. The highest BCUT2D eigenvalue weighted by Crippen LogP contribution is 2.19. The predicted octanol–water partition coefficient (Wildman–Crippen LogP) is 3.51. The van der Waals surface area contributed by atoms with Crippen molar-refractivity contribution in [2.45, 2.75) is 20.3 Å². The van der Waals surface area contributed by atoms with Crippen LogP contribution in [0.25, 0.3) is 6.08 Å². The van der Waals surface area contributed by atoms with E-state index in [2.05, 4.69) is 50.3 Å². The normalized spacial score (nSPS) is 14.8. The molecule has 0 spiro atoms. The van der Waals surface area contributed by atoms with Gasteiger partial charge in [-0.1, -0.05) is 47.6 Å². The first-order valence-electron chi connectivity index (χ1n) is 4.70. The molecule has 0 heterocycles. The highest BCUT2D eigenvalue weighted by molar-refractivity contribution is 5.59. The third kappa shape index (κ3) is 1.72. The number of fused-ring (bicyclic) bond motifs is 1. The van der Waals surface area contributed by atoms with Crippen LogP contribution in [-0.2, 0) is 6.42 Å². The minimum atomic E-state index is 1.07. The van der Waals surface area contributed by atoms with Gasteiger partial charge in [-0.3, -0.25) is 0 Å². The van der Waals surface area contributed by atoms with Crippen LogP contribution in [0, 0.1) is 6.92 Å². The van der Waals surface area contributed by atoms with E-state index in [1.54, 1.807) is 0 Å². The fraction of sp³-hybridized carbons (Fsp3) is 0.231. The zero-order chi connectivity index (χ0) is 9.26. The Hall–Kier alpha value is -1.30. The fourth-order valence-corrected chi connectivity index (χ4v) is 1.63. The molecule has 2 rings (SSSR count). The van der Waals surface area contributed by atoms with Crippen LogP contribution in [0.5, 0.6) is 0 Å². The molecule has 13 heavy (non-hydrogen) atoms. The van der Waals surface area contributed by atoms with Crippen LogP contribution in [0.3, 0.4) is 0 Å². The third-order valence-corrected chi connectivity index (χ3v) is 2.47. The number of aryl methyl sites for hydroxylation is 1. The van der Waals surface area contributed by atoms with Gasteiger partial charge in [-0.15, -0.1) is 0 Å². The Bertz CT molecular complexity index is 381. The van der Waals surface area contributed by atoms with E-state index in [0.29, 0.717) is 0 Å². The molecule has 1 aliphatic carbocycles. The summed E-state index contributed by atoms with van der Waals surface area (Å²) in [5.41, 5.74) is 5.50. The molecule has 0 radical (unpaired) electrons. The standard InChI is InChI=1S/C13H14/c1-10-3-6-12-7-5-11(2)9-13(12)8-4-10/h3-7,9H,8H2,1-2H3. The lowest BCUT2D eigenvalue weighted by Crippen LogP contribution is -1.86. The molecule has 0 atom stereocenters. The van der Waals surface area contributed by atoms with Gasteiger partial charge in [0.1, 0.15) is 0 Å². The number of allylic oxidation sites excluding steroid dienone is 3. The van der Waals surface area contributed by atoms with Crippen molar-refractivity contribution in [2.75, 3.05) is 0 Å². The van der Waals surface area contributed by atoms with Crippen LogP contribution in [0.2, 0.25) is 0 Å². The smallest absolute Gasteiger partial charge is 0.00857 e. The van der Waals surface area contributed by atoms with E-state index in [9.17, 15) is 0 Å². The van der Waals surface area contributed by atoms with Crippen molar-refractivity contribution < 1.29 is 0 Å². The second kappa shape index (κ2) is 3.21. The highest BCUT2D eigenvalue weighted by atomic mass is 14.1. The van der Waals surface area contributed by atoms with Gasteiger partial charge in [0.2, 0.25) is 0 Å². The largest absolute Gasteiger partial charge is 0.0772 e. The molecule has 0 saturated carbocycles. The number of rotatable bonds is 0. The van der Waals surface area contributed by atoms with Gasteiger partial charge in [0.25, 0.3) is 0 Å². The van der Waals surface area contributed by atoms with Crippen LogP contribution in [0.15, 0.2) is 35.9 Å². The average molecular weight is 170 g/mol. The molecule has 0 N–H and O–H groups in total. The number of benzene rings is 1. The van der Waals surface area contributed by atoms with Crippen LogP contribution in [-0.4, -0.2) is 0 Å². The quantitative estimate of drug-likeness (QED) is 0.559. The van der Waals surface area contributed by atoms with E-state index in [0.717, 1.165) is 6.42 Å². The van der Waals surface area contributed by atoms with Gasteiger partial charge in [-0.2, -0.15) is 0 Å². The molecule has 0 aromatic heterocycles. The first-order valence-corrected chi connectivity index (χ1v) is 4.70. The summed E-state index contributed by atoms with van der Waals surface area (Å²) in [6.45, 7) is 4.29. The maximum atomic E-state index is 2.28. The van der Waals surface area contributed by atoms with Crippen molar-refractivity contribution in [1.82, 2.24) is 0 Å². The summed E-state index contributed by atoms with van der Waals surface area (Å²) >= 11 is 0. The molecule has 1 aromatic rings. The molecular formula is C13H14. The summed E-state index contributed by atoms with van der Waals surface area (Å²) in [6, 6.07) is 6.65. The fourth-order valence-electron chi connectivity index (χ4n) is 1.63. The summed E-state index contributed by atoms with van der Waals surface area (Å²) in [6.07, 6.45) is 7.73. The van der Waals surface area contributed by atoms with Crippen LogP contribution in [0.1, 0.15) is 23.6 Å². The maximum Gasteiger partial charge on any atom is -0.00857 e. The van der Waals surface area contributed by atoms with Gasteiger partial charge >= 0.3 is 0 Å². The van der Waals surface area contributed by atoms with Crippen LogP contribution in [0.4, 0.5) is 0 Å². The summed E-state index contributed by atoms with van der Waals surface area (Å²) in [4.78, 5) is 0. The van der Waals surface area contributed by atoms with Crippen molar-refractivity contribution >= 4 is 6.08 Å². The van der Waals surface area contributed by atoms with Crippen LogP contribution >= 0.6 is 0 Å². The molecular weight excluding hydrogens is 156 g/mol. The minimum absolute atomic E-state index is 1.07. The lowest BCUT2D eigenvalue weighted by molar-refractivity contribution is 1.23. The highest BCUT2D eigenvalue weighted by Gasteiger charge is 2.01. The summed E-state index contributed by atoms with van der Waals surface area (Å²) in [5.74, 6) is 0.